The van der Waals surface area contributed by atoms with Crippen molar-refractivity contribution in [1.82, 2.24) is 0 Å². The Morgan fingerprint density at radius 1 is 1.00 bits per heavy atom. The van der Waals surface area contributed by atoms with E-state index in [1.165, 1.54) is 0 Å². The normalized spacial score (nSPS) is 7.33. The van der Waals surface area contributed by atoms with Crippen LogP contribution >= 0.6 is 0 Å². The summed E-state index contributed by atoms with van der Waals surface area (Å²) in [5.74, 6) is -4.37. The van der Waals surface area contributed by atoms with Gasteiger partial charge in [-0.15, -0.1) is 0 Å². The number of carboxylic acids is 2. The summed E-state index contributed by atoms with van der Waals surface area (Å²) in [5.41, 5.74) is 0. The Bertz CT molecular complexity index is 71.5. The van der Waals surface area contributed by atoms with E-state index in [1.54, 1.807) is 0 Å². The van der Waals surface area contributed by atoms with Gasteiger partial charge in [0, 0.05) is 0 Å². The van der Waals surface area contributed by atoms with Crippen LogP contribution in [0.1, 0.15) is 0 Å². The lowest BCUT2D eigenvalue weighted by Gasteiger charge is -1.97. The lowest BCUT2D eigenvalue weighted by molar-refractivity contribution is -0.345. The molecule has 0 heterocycles. The molecule has 0 aromatic carbocycles. The van der Waals surface area contributed by atoms with E-state index < -0.39 is 11.9 Å². The Kier molecular flexibility index (Phi) is 1.15. The summed E-state index contributed by atoms with van der Waals surface area (Å²) in [6.45, 7) is 0. The second-order valence-electron chi connectivity index (χ2n) is 0.575. The molecule has 0 aliphatic rings. The molecular weight excluding hydrogens is 89.0 g/mol. The predicted octanol–water partition coefficient (Wildman–Crippen LogP) is -3.51. The number of carbonyl (C=O) groups excluding carboxylic acids is 2. The first kappa shape index (κ1) is 4.94. The molecule has 4 nitrogen and oxygen atoms in total. The summed E-state index contributed by atoms with van der Waals surface area (Å²) >= 11 is 0. The number of carbonyl (C=O) groups is 2. The third kappa shape index (κ3) is 1.28. The number of carboxylic acid groups (broad SMARTS) is 2. The largest absolute Gasteiger partial charge is 0.543 e. The van der Waals surface area contributed by atoms with Gasteiger partial charge in [0.05, 0.1) is 11.9 Å². The predicted molar refractivity (Wildman–Crippen MR) is 10.0 cm³/mol. The van der Waals surface area contributed by atoms with E-state index in [0.717, 1.165) is 0 Å². The van der Waals surface area contributed by atoms with Gasteiger partial charge in [-0.2, -0.15) is 0 Å². The van der Waals surface area contributed by atoms with Crippen LogP contribution in [0.15, 0.2) is 0 Å². The topological polar surface area (TPSA) is 80.3 Å². The molecular formula is C2O4-2. The minimum absolute atomic E-state index is 2.19. The minimum Gasteiger partial charge on any atom is -0.543 e. The van der Waals surface area contributed by atoms with Crippen LogP contribution in [-0.4, -0.2) is 11.9 Å². The molecule has 34 valence electrons. The van der Waals surface area contributed by atoms with Crippen molar-refractivity contribution in [2.24, 2.45) is 0 Å². The summed E-state index contributed by atoms with van der Waals surface area (Å²) in [5, 5.41) is 17.9. The van der Waals surface area contributed by atoms with Crippen LogP contribution in [-0.2, 0) is 9.59 Å². The standard InChI is InChI=1S/C2H2O4/c3-1(4)2(5)6/h(H,3,4)(H,5,6)/p-2/i1+1. The third-order valence-corrected chi connectivity index (χ3v) is 0.167. The minimum atomic E-state index is -2.19. The fourth-order valence-electron chi connectivity index (χ4n) is 0. The van der Waals surface area contributed by atoms with Gasteiger partial charge >= 0.3 is 0 Å². The maximum absolute atomic E-state index is 8.93. The highest BCUT2D eigenvalue weighted by molar-refractivity contribution is 6.25. The molecule has 0 fully saturated rings. The van der Waals surface area contributed by atoms with Crippen LogP contribution in [0.3, 0.4) is 0 Å². The first-order valence-electron chi connectivity index (χ1n) is 1.07. The molecule has 6 heavy (non-hydrogen) atoms. The maximum atomic E-state index is 8.93. The Balaban J connectivity index is 3.57. The Hall–Kier alpha value is -1.06. The fourth-order valence-corrected chi connectivity index (χ4v) is 0. The van der Waals surface area contributed by atoms with Crippen molar-refractivity contribution >= 4 is 11.9 Å². The van der Waals surface area contributed by atoms with Gasteiger partial charge in [0.2, 0.25) is 0 Å². The zero-order chi connectivity index (χ0) is 5.15. The van der Waals surface area contributed by atoms with Crippen molar-refractivity contribution in [2.45, 2.75) is 0 Å². The second-order valence-corrected chi connectivity index (χ2v) is 0.575. The molecule has 0 aromatic rings. The number of hydrogen-bond acceptors (Lipinski definition) is 4. The van der Waals surface area contributed by atoms with Crippen LogP contribution in [0.25, 0.3) is 0 Å². The highest BCUT2D eigenvalue weighted by atomic mass is 16.5. The molecule has 0 amide bonds. The van der Waals surface area contributed by atoms with Gasteiger partial charge in [-0.25, -0.2) is 0 Å². The highest BCUT2D eigenvalue weighted by Crippen LogP contribution is 1.41. The molecule has 0 saturated carbocycles. The van der Waals surface area contributed by atoms with E-state index in [0.29, 0.717) is 0 Å². The molecule has 0 aromatic heterocycles. The van der Waals surface area contributed by atoms with Crippen LogP contribution in [0.4, 0.5) is 0 Å². The first-order chi connectivity index (χ1) is 2.64. The molecule has 0 atom stereocenters. The van der Waals surface area contributed by atoms with Crippen LogP contribution in [0, 0.1) is 0 Å². The molecule has 0 rings (SSSR count). The average Bonchev–Trinajstić information content (AvgIpc) is 1.36. The number of hydrogen-bond donors (Lipinski definition) is 0. The highest BCUT2D eigenvalue weighted by Gasteiger charge is 1.74. The Labute approximate surface area is 33.0 Å². The summed E-state index contributed by atoms with van der Waals surface area (Å²) in [6, 6.07) is 0. The lowest BCUT2D eigenvalue weighted by atomic mass is 11.1. The van der Waals surface area contributed by atoms with Gasteiger partial charge in [0.15, 0.2) is 0 Å². The van der Waals surface area contributed by atoms with Gasteiger partial charge in [0.1, 0.15) is 0 Å². The smallest absolute Gasteiger partial charge is 0.0870 e. The molecule has 0 spiro atoms. The maximum Gasteiger partial charge on any atom is 0.0870 e. The third-order valence-electron chi connectivity index (χ3n) is 0.167. The molecule has 4 heteroatoms. The van der Waals surface area contributed by atoms with E-state index >= 15 is 0 Å². The fraction of sp³-hybridized carbons (Fsp3) is 0. The van der Waals surface area contributed by atoms with Gasteiger partial charge < -0.3 is 19.8 Å². The quantitative estimate of drug-likeness (QED) is 0.227. The summed E-state index contributed by atoms with van der Waals surface area (Å²) in [6.07, 6.45) is 0. The summed E-state index contributed by atoms with van der Waals surface area (Å²) < 4.78 is 0. The van der Waals surface area contributed by atoms with Crippen molar-refractivity contribution in [3.05, 3.63) is 0 Å². The van der Waals surface area contributed by atoms with Crippen molar-refractivity contribution in [3.8, 4) is 0 Å². The molecule has 0 radical (unpaired) electrons. The van der Waals surface area contributed by atoms with E-state index in [4.69, 9.17) is 19.8 Å². The monoisotopic (exact) mass is 89.0 g/mol. The molecule has 0 aliphatic heterocycles. The second kappa shape index (κ2) is 1.40. The van der Waals surface area contributed by atoms with Gasteiger partial charge in [-0.3, -0.25) is 0 Å². The summed E-state index contributed by atoms with van der Waals surface area (Å²) in [7, 11) is 0. The molecule has 0 saturated heterocycles. The molecule has 0 aliphatic carbocycles. The Morgan fingerprint density at radius 2 is 1.17 bits per heavy atom. The van der Waals surface area contributed by atoms with Crippen molar-refractivity contribution in [1.29, 1.82) is 0 Å². The van der Waals surface area contributed by atoms with Crippen LogP contribution in [0.2, 0.25) is 0 Å². The molecule has 0 N–H and O–H groups in total. The van der Waals surface area contributed by atoms with Gasteiger partial charge in [-0.1, -0.05) is 0 Å². The van der Waals surface area contributed by atoms with Crippen LogP contribution in [0.5, 0.6) is 0 Å². The average molecular weight is 89.0 g/mol. The van der Waals surface area contributed by atoms with Gasteiger partial charge in [0.25, 0.3) is 0 Å². The van der Waals surface area contributed by atoms with E-state index in [1.807, 2.05) is 0 Å². The van der Waals surface area contributed by atoms with E-state index in [-0.39, 0.29) is 0 Å². The molecule has 0 unspecified atom stereocenters. The first-order valence-corrected chi connectivity index (χ1v) is 1.07. The zero-order valence-electron chi connectivity index (χ0n) is 2.63. The van der Waals surface area contributed by atoms with Crippen molar-refractivity contribution in [3.63, 3.8) is 0 Å². The lowest BCUT2D eigenvalue weighted by Crippen LogP contribution is -2.42. The van der Waals surface area contributed by atoms with Crippen molar-refractivity contribution < 1.29 is 19.8 Å². The van der Waals surface area contributed by atoms with E-state index in [2.05, 4.69) is 0 Å². The van der Waals surface area contributed by atoms with Crippen LogP contribution < -0.4 is 10.2 Å². The van der Waals surface area contributed by atoms with Gasteiger partial charge in [-0.05, 0) is 0 Å². The Morgan fingerprint density at radius 3 is 1.17 bits per heavy atom. The zero-order valence-corrected chi connectivity index (χ0v) is 2.63. The number of aliphatic carboxylic acids is 2. The summed E-state index contributed by atoms with van der Waals surface area (Å²) in [4.78, 5) is 17.9. The van der Waals surface area contributed by atoms with Crippen molar-refractivity contribution in [2.75, 3.05) is 0 Å². The van der Waals surface area contributed by atoms with E-state index in [9.17, 15) is 0 Å². The number of rotatable bonds is 0. The molecule has 0 bridgehead atoms. The SMILES string of the molecule is O=C([O-])[13C](=O)[O-].